The monoisotopic (exact) mass is 337 g/mol. The number of amides is 3. The van der Waals surface area contributed by atoms with Crippen molar-refractivity contribution >= 4 is 40.6 Å². The third kappa shape index (κ3) is 2.72. The van der Waals surface area contributed by atoms with Crippen LogP contribution in [0.3, 0.4) is 0 Å². The van der Waals surface area contributed by atoms with Crippen LogP contribution in [-0.2, 0) is 4.79 Å². The van der Waals surface area contributed by atoms with Crippen molar-refractivity contribution in [3.05, 3.63) is 23.9 Å². The number of aromatic nitrogens is 1. The Morgan fingerprint density at radius 3 is 2.95 bits per heavy atom. The van der Waals surface area contributed by atoms with Crippen LogP contribution in [0, 0.1) is 0 Å². The molecule has 0 aromatic carbocycles. The van der Waals surface area contributed by atoms with Gasteiger partial charge in [0.25, 0.3) is 11.1 Å². The Balaban J connectivity index is 1.74. The molecule has 3 amide bonds. The van der Waals surface area contributed by atoms with E-state index in [4.69, 9.17) is 0 Å². The standard InChI is InChI=1S/C14H15N3O3S2/c1-21-12-10(3-2-5-15-12)13(19)16-6-4-9(7-16)17-11(18)8-22-14(17)20/h2-3,5,9H,4,6-8H2,1H3. The summed E-state index contributed by atoms with van der Waals surface area (Å²) >= 11 is 2.46. The number of imide groups is 1. The molecular formula is C14H15N3O3S2. The number of carbonyl (C=O) groups excluding carboxylic acids is 3. The van der Waals surface area contributed by atoms with Crippen molar-refractivity contribution in [1.82, 2.24) is 14.8 Å². The third-order valence-electron chi connectivity index (χ3n) is 3.80. The van der Waals surface area contributed by atoms with E-state index in [0.717, 1.165) is 11.8 Å². The van der Waals surface area contributed by atoms with Gasteiger partial charge in [-0.05, 0) is 24.8 Å². The summed E-state index contributed by atoms with van der Waals surface area (Å²) in [7, 11) is 0. The quantitative estimate of drug-likeness (QED) is 0.782. The molecule has 1 aromatic rings. The molecule has 8 heteroatoms. The normalized spacial score (nSPS) is 21.8. The van der Waals surface area contributed by atoms with E-state index >= 15 is 0 Å². The number of hydrogen-bond donors (Lipinski definition) is 0. The van der Waals surface area contributed by atoms with Crippen molar-refractivity contribution in [2.75, 3.05) is 25.1 Å². The van der Waals surface area contributed by atoms with Crippen LogP contribution in [-0.4, -0.2) is 63.0 Å². The molecule has 0 aliphatic carbocycles. The SMILES string of the molecule is CSc1ncccc1C(=O)N1CCC(N2C(=O)CSC2=O)C1. The van der Waals surface area contributed by atoms with Crippen LogP contribution in [0.2, 0.25) is 0 Å². The molecule has 2 aliphatic rings. The first kappa shape index (κ1) is 15.4. The maximum Gasteiger partial charge on any atom is 0.289 e. The Morgan fingerprint density at radius 1 is 1.45 bits per heavy atom. The van der Waals surface area contributed by atoms with E-state index in [1.807, 2.05) is 6.26 Å². The van der Waals surface area contributed by atoms with Crippen molar-refractivity contribution in [1.29, 1.82) is 0 Å². The Morgan fingerprint density at radius 2 is 2.27 bits per heavy atom. The second-order valence-corrected chi connectivity index (χ2v) is 6.79. The fourth-order valence-electron chi connectivity index (χ4n) is 2.74. The molecule has 0 bridgehead atoms. The van der Waals surface area contributed by atoms with E-state index in [0.29, 0.717) is 30.1 Å². The Kier molecular flexibility index (Phi) is 4.39. The number of nitrogens with zero attached hydrogens (tertiary/aromatic N) is 3. The van der Waals surface area contributed by atoms with Gasteiger partial charge in [-0.25, -0.2) is 4.98 Å². The maximum absolute atomic E-state index is 12.6. The van der Waals surface area contributed by atoms with Crippen molar-refractivity contribution in [2.24, 2.45) is 0 Å². The number of pyridine rings is 1. The minimum absolute atomic E-state index is 0.0910. The zero-order valence-electron chi connectivity index (χ0n) is 12.0. The second kappa shape index (κ2) is 6.29. The van der Waals surface area contributed by atoms with E-state index in [9.17, 15) is 14.4 Å². The van der Waals surface area contributed by atoms with E-state index in [1.165, 1.54) is 16.7 Å². The van der Waals surface area contributed by atoms with Crippen LogP contribution in [0.4, 0.5) is 4.79 Å². The maximum atomic E-state index is 12.6. The van der Waals surface area contributed by atoms with Crippen LogP contribution < -0.4 is 0 Å². The number of hydrogen-bond acceptors (Lipinski definition) is 6. The molecule has 2 aliphatic heterocycles. The molecule has 3 rings (SSSR count). The van der Waals surface area contributed by atoms with E-state index in [-0.39, 0.29) is 28.8 Å². The molecule has 0 N–H and O–H groups in total. The summed E-state index contributed by atoms with van der Waals surface area (Å²) in [5, 5.41) is 0.496. The predicted octanol–water partition coefficient (Wildman–Crippen LogP) is 1.71. The smallest absolute Gasteiger partial charge is 0.289 e. The predicted molar refractivity (Wildman–Crippen MR) is 85.0 cm³/mol. The second-order valence-electron chi connectivity index (χ2n) is 5.07. The Hall–Kier alpha value is -1.54. The lowest BCUT2D eigenvalue weighted by atomic mass is 10.2. The molecule has 116 valence electrons. The molecule has 2 fully saturated rings. The molecule has 22 heavy (non-hydrogen) atoms. The number of carbonyl (C=O) groups is 3. The van der Waals surface area contributed by atoms with Gasteiger partial charge in [-0.1, -0.05) is 11.8 Å². The number of likely N-dealkylation sites (tertiary alicyclic amines) is 1. The molecule has 3 heterocycles. The summed E-state index contributed by atoms with van der Waals surface area (Å²) in [6.07, 6.45) is 4.18. The van der Waals surface area contributed by atoms with E-state index in [1.54, 1.807) is 23.2 Å². The van der Waals surface area contributed by atoms with Gasteiger partial charge < -0.3 is 4.90 Å². The summed E-state index contributed by atoms with van der Waals surface area (Å²) in [5.74, 6) is -0.0325. The fourth-order valence-corrected chi connectivity index (χ4v) is 4.06. The van der Waals surface area contributed by atoms with Gasteiger partial charge >= 0.3 is 0 Å². The summed E-state index contributed by atoms with van der Waals surface area (Å²) in [4.78, 5) is 43.4. The third-order valence-corrected chi connectivity index (χ3v) is 5.34. The average molecular weight is 337 g/mol. The number of rotatable bonds is 3. The van der Waals surface area contributed by atoms with Crippen molar-refractivity contribution < 1.29 is 14.4 Å². The van der Waals surface area contributed by atoms with Gasteiger partial charge in [0.05, 0.1) is 17.4 Å². The Labute approximate surface area is 136 Å². The van der Waals surface area contributed by atoms with Crippen LogP contribution in [0.5, 0.6) is 0 Å². The zero-order chi connectivity index (χ0) is 15.7. The van der Waals surface area contributed by atoms with Gasteiger partial charge in [0.15, 0.2) is 0 Å². The van der Waals surface area contributed by atoms with Crippen molar-refractivity contribution in [3.63, 3.8) is 0 Å². The van der Waals surface area contributed by atoms with Crippen LogP contribution >= 0.6 is 23.5 Å². The van der Waals surface area contributed by atoms with E-state index in [2.05, 4.69) is 4.98 Å². The molecule has 0 spiro atoms. The lowest BCUT2D eigenvalue weighted by Gasteiger charge is -2.22. The molecule has 1 aromatic heterocycles. The van der Waals surface area contributed by atoms with Gasteiger partial charge in [0.1, 0.15) is 5.03 Å². The van der Waals surface area contributed by atoms with Gasteiger partial charge in [-0.3, -0.25) is 19.3 Å². The highest BCUT2D eigenvalue weighted by atomic mass is 32.2. The lowest BCUT2D eigenvalue weighted by Crippen LogP contribution is -2.41. The Bertz CT molecular complexity index is 622. The molecule has 0 saturated carbocycles. The van der Waals surface area contributed by atoms with Gasteiger partial charge in [-0.2, -0.15) is 0 Å². The fraction of sp³-hybridized carbons (Fsp3) is 0.429. The van der Waals surface area contributed by atoms with Crippen molar-refractivity contribution in [2.45, 2.75) is 17.5 Å². The van der Waals surface area contributed by atoms with Gasteiger partial charge in [-0.15, -0.1) is 11.8 Å². The molecule has 2 saturated heterocycles. The minimum atomic E-state index is -0.201. The van der Waals surface area contributed by atoms with Crippen molar-refractivity contribution in [3.8, 4) is 0 Å². The van der Waals surface area contributed by atoms with Gasteiger partial charge in [0, 0.05) is 19.3 Å². The zero-order valence-corrected chi connectivity index (χ0v) is 13.7. The summed E-state index contributed by atoms with van der Waals surface area (Å²) < 4.78 is 0. The highest BCUT2D eigenvalue weighted by Crippen LogP contribution is 2.27. The molecule has 6 nitrogen and oxygen atoms in total. The molecule has 1 unspecified atom stereocenters. The summed E-state index contributed by atoms with van der Waals surface area (Å²) in [6, 6.07) is 3.30. The first-order valence-corrected chi connectivity index (χ1v) is 9.10. The minimum Gasteiger partial charge on any atom is -0.336 e. The molecule has 0 radical (unpaired) electrons. The van der Waals surface area contributed by atoms with E-state index < -0.39 is 0 Å². The highest BCUT2D eigenvalue weighted by molar-refractivity contribution is 8.14. The molecule has 1 atom stereocenters. The van der Waals surface area contributed by atoms with Crippen LogP contribution in [0.15, 0.2) is 23.4 Å². The first-order chi connectivity index (χ1) is 10.6. The summed E-state index contributed by atoms with van der Waals surface area (Å²) in [5.41, 5.74) is 0.573. The topological polar surface area (TPSA) is 70.6 Å². The largest absolute Gasteiger partial charge is 0.336 e. The number of thioether (sulfide) groups is 2. The first-order valence-electron chi connectivity index (χ1n) is 6.89. The van der Waals surface area contributed by atoms with Gasteiger partial charge in [0.2, 0.25) is 5.91 Å². The summed E-state index contributed by atoms with van der Waals surface area (Å²) in [6.45, 7) is 0.952. The van der Waals surface area contributed by atoms with Crippen LogP contribution in [0.1, 0.15) is 16.8 Å². The molecular weight excluding hydrogens is 322 g/mol. The highest BCUT2D eigenvalue weighted by Gasteiger charge is 2.40. The van der Waals surface area contributed by atoms with Crippen LogP contribution in [0.25, 0.3) is 0 Å². The average Bonchev–Trinajstić information content (AvgIpc) is 3.13. The lowest BCUT2D eigenvalue weighted by molar-refractivity contribution is -0.126.